The lowest BCUT2D eigenvalue weighted by Gasteiger charge is -2.12. The Hall–Kier alpha value is -2.96. The predicted molar refractivity (Wildman–Crippen MR) is 138 cm³/mol. The van der Waals surface area contributed by atoms with Crippen LogP contribution in [0.5, 0.6) is 0 Å². The molecule has 0 bridgehead atoms. The Morgan fingerprint density at radius 3 is 2.64 bits per heavy atom. The first-order chi connectivity index (χ1) is 16.2. The Kier molecular flexibility index (Phi) is 6.55. The van der Waals surface area contributed by atoms with Crippen molar-refractivity contribution < 1.29 is 9.21 Å². The van der Waals surface area contributed by atoms with Gasteiger partial charge in [-0.25, -0.2) is 4.99 Å². The minimum atomic E-state index is -0.0552. The van der Waals surface area contributed by atoms with E-state index in [4.69, 9.17) is 9.41 Å². The van der Waals surface area contributed by atoms with Gasteiger partial charge in [-0.15, -0.1) is 11.3 Å². The number of nitrogens with zero attached hydrogens (tertiary/aromatic N) is 1. The fourth-order valence-corrected chi connectivity index (χ4v) is 5.55. The summed E-state index contributed by atoms with van der Waals surface area (Å²) in [6.07, 6.45) is 5.94. The molecule has 1 amide bonds. The third kappa shape index (κ3) is 5.02. The zero-order valence-corrected chi connectivity index (χ0v) is 20.4. The molecule has 1 aliphatic rings. The van der Waals surface area contributed by atoms with Crippen LogP contribution in [0.3, 0.4) is 0 Å². The quantitative estimate of drug-likeness (QED) is 0.271. The van der Waals surface area contributed by atoms with E-state index in [0.29, 0.717) is 12.3 Å². The van der Waals surface area contributed by atoms with Gasteiger partial charge in [-0.1, -0.05) is 58.4 Å². The van der Waals surface area contributed by atoms with Gasteiger partial charge in [0, 0.05) is 21.5 Å². The molecule has 0 spiro atoms. The number of halogens is 1. The first kappa shape index (κ1) is 21.9. The molecule has 0 atom stereocenters. The first-order valence-corrected chi connectivity index (χ1v) is 12.6. The van der Waals surface area contributed by atoms with Crippen LogP contribution < -0.4 is 5.32 Å². The second-order valence-electron chi connectivity index (χ2n) is 8.03. The van der Waals surface area contributed by atoms with Gasteiger partial charge >= 0.3 is 0 Å². The maximum Gasteiger partial charge on any atom is 0.254 e. The summed E-state index contributed by atoms with van der Waals surface area (Å²) in [7, 11) is 0. The van der Waals surface area contributed by atoms with Crippen molar-refractivity contribution in [3.8, 4) is 11.3 Å². The lowest BCUT2D eigenvalue weighted by molar-refractivity contribution is 0.0951. The van der Waals surface area contributed by atoms with E-state index in [-0.39, 0.29) is 5.91 Å². The molecule has 0 saturated carbocycles. The minimum Gasteiger partial charge on any atom is -0.455 e. The number of furan rings is 1. The van der Waals surface area contributed by atoms with Crippen LogP contribution in [0.1, 0.15) is 45.0 Å². The number of thiophene rings is 1. The molecule has 4 nitrogen and oxygen atoms in total. The first-order valence-electron chi connectivity index (χ1n) is 11.0. The highest BCUT2D eigenvalue weighted by Gasteiger charge is 2.25. The van der Waals surface area contributed by atoms with E-state index >= 15 is 0 Å². The monoisotopic (exact) mass is 518 g/mol. The Bertz CT molecular complexity index is 1290. The van der Waals surface area contributed by atoms with Crippen LogP contribution in [-0.2, 0) is 19.4 Å². The molecule has 0 fully saturated rings. The van der Waals surface area contributed by atoms with Gasteiger partial charge in [0.1, 0.15) is 16.5 Å². The zero-order chi connectivity index (χ0) is 22.6. The summed E-state index contributed by atoms with van der Waals surface area (Å²) in [6.45, 7) is 0.502. The van der Waals surface area contributed by atoms with Crippen molar-refractivity contribution >= 4 is 44.4 Å². The maximum absolute atomic E-state index is 13.2. The number of rotatable bonds is 6. The standard InChI is InChI=1S/C27H23BrN2O2S/c28-20-12-10-19(11-13-20)23-15-14-21(32-23)17-30-27-25(22-8-4-5-9-24(22)33-27)26(31)29-16-18-6-2-1-3-7-18/h1-3,6-7,10-15,17H,4-5,8-9,16H2,(H,29,31)/b30-17+. The number of fused-ring (bicyclic) bond motifs is 1. The molecule has 2 heterocycles. The van der Waals surface area contributed by atoms with Crippen molar-refractivity contribution in [1.82, 2.24) is 5.32 Å². The van der Waals surface area contributed by atoms with E-state index in [1.165, 1.54) is 10.4 Å². The highest BCUT2D eigenvalue weighted by Crippen LogP contribution is 2.40. The Morgan fingerprint density at radius 1 is 1.03 bits per heavy atom. The lowest BCUT2D eigenvalue weighted by Crippen LogP contribution is -2.24. The summed E-state index contributed by atoms with van der Waals surface area (Å²) in [5.41, 5.74) is 3.97. The molecule has 1 aliphatic carbocycles. The predicted octanol–water partition coefficient (Wildman–Crippen LogP) is 7.33. The van der Waals surface area contributed by atoms with Gasteiger partial charge in [-0.3, -0.25) is 4.79 Å². The van der Waals surface area contributed by atoms with Crippen molar-refractivity contribution in [1.29, 1.82) is 0 Å². The third-order valence-corrected chi connectivity index (χ3v) is 7.47. The van der Waals surface area contributed by atoms with Crippen molar-refractivity contribution in [3.05, 3.63) is 98.5 Å². The highest BCUT2D eigenvalue weighted by molar-refractivity contribution is 9.10. The van der Waals surface area contributed by atoms with Crippen molar-refractivity contribution in [3.63, 3.8) is 0 Å². The summed E-state index contributed by atoms with van der Waals surface area (Å²) in [5, 5.41) is 3.85. The summed E-state index contributed by atoms with van der Waals surface area (Å²) < 4.78 is 7.01. The number of carbonyl (C=O) groups excluding carboxylic acids is 1. The van der Waals surface area contributed by atoms with E-state index < -0.39 is 0 Å². The molecule has 166 valence electrons. The van der Waals surface area contributed by atoms with Gasteiger partial charge in [-0.05, 0) is 61.1 Å². The van der Waals surface area contributed by atoms with Crippen molar-refractivity contribution in [2.24, 2.45) is 4.99 Å². The molecule has 4 aromatic rings. The maximum atomic E-state index is 13.2. The highest BCUT2D eigenvalue weighted by atomic mass is 79.9. The number of nitrogens with one attached hydrogen (secondary N) is 1. The topological polar surface area (TPSA) is 54.6 Å². The van der Waals surface area contributed by atoms with Crippen molar-refractivity contribution in [2.45, 2.75) is 32.2 Å². The molecular weight excluding hydrogens is 496 g/mol. The number of hydrogen-bond acceptors (Lipinski definition) is 4. The Balaban J connectivity index is 1.39. The minimum absolute atomic E-state index is 0.0552. The van der Waals surface area contributed by atoms with Crippen LogP contribution in [-0.4, -0.2) is 12.1 Å². The van der Waals surface area contributed by atoms with Crippen LogP contribution in [0.4, 0.5) is 5.00 Å². The van der Waals surface area contributed by atoms with E-state index in [2.05, 4.69) is 21.2 Å². The molecule has 5 rings (SSSR count). The third-order valence-electron chi connectivity index (χ3n) is 5.74. The molecule has 2 aromatic carbocycles. The largest absolute Gasteiger partial charge is 0.455 e. The molecule has 0 aliphatic heterocycles. The molecule has 0 radical (unpaired) electrons. The summed E-state index contributed by atoms with van der Waals surface area (Å²) in [4.78, 5) is 19.2. The van der Waals surface area contributed by atoms with Crippen LogP contribution >= 0.6 is 27.3 Å². The zero-order valence-electron chi connectivity index (χ0n) is 18.0. The van der Waals surface area contributed by atoms with Gasteiger partial charge in [0.25, 0.3) is 5.91 Å². The molecule has 33 heavy (non-hydrogen) atoms. The smallest absolute Gasteiger partial charge is 0.254 e. The summed E-state index contributed by atoms with van der Waals surface area (Å²) >= 11 is 5.09. The molecular formula is C27H23BrN2O2S. The number of hydrogen-bond donors (Lipinski definition) is 1. The summed E-state index contributed by atoms with van der Waals surface area (Å²) in [5.74, 6) is 1.39. The fourth-order valence-electron chi connectivity index (χ4n) is 4.06. The normalized spacial score (nSPS) is 13.2. The van der Waals surface area contributed by atoms with E-state index in [0.717, 1.165) is 57.6 Å². The van der Waals surface area contributed by atoms with Crippen LogP contribution in [0.15, 0.2) is 80.6 Å². The lowest BCUT2D eigenvalue weighted by atomic mass is 9.95. The number of carbonyl (C=O) groups is 1. The fraction of sp³-hybridized carbons (Fsp3) is 0.185. The number of aliphatic imine (C=N–C) groups is 1. The van der Waals surface area contributed by atoms with E-state index in [9.17, 15) is 4.79 Å². The van der Waals surface area contributed by atoms with E-state index in [1.807, 2.05) is 66.7 Å². The van der Waals surface area contributed by atoms with Crippen LogP contribution in [0.25, 0.3) is 11.3 Å². The molecule has 0 saturated heterocycles. The summed E-state index contributed by atoms with van der Waals surface area (Å²) in [6, 6.07) is 21.8. The number of aryl methyl sites for hydroxylation is 1. The van der Waals surface area contributed by atoms with Gasteiger partial charge in [-0.2, -0.15) is 0 Å². The van der Waals surface area contributed by atoms with Gasteiger partial charge in [0.15, 0.2) is 0 Å². The second-order valence-corrected chi connectivity index (χ2v) is 10.0. The average molecular weight is 519 g/mol. The second kappa shape index (κ2) is 9.89. The van der Waals surface area contributed by atoms with Gasteiger partial charge < -0.3 is 9.73 Å². The molecule has 2 aromatic heterocycles. The van der Waals surface area contributed by atoms with Gasteiger partial charge in [0.05, 0.1) is 11.8 Å². The van der Waals surface area contributed by atoms with Crippen LogP contribution in [0.2, 0.25) is 0 Å². The molecule has 1 N–H and O–H groups in total. The average Bonchev–Trinajstić information content (AvgIpc) is 3.47. The Labute approximate surface area is 205 Å². The molecule has 0 unspecified atom stereocenters. The van der Waals surface area contributed by atoms with E-state index in [1.54, 1.807) is 17.6 Å². The van der Waals surface area contributed by atoms with Crippen LogP contribution in [0, 0.1) is 0 Å². The van der Waals surface area contributed by atoms with Crippen molar-refractivity contribution in [2.75, 3.05) is 0 Å². The Morgan fingerprint density at radius 2 is 1.82 bits per heavy atom. The molecule has 6 heteroatoms. The SMILES string of the molecule is O=C(NCc1ccccc1)c1c(/N=C/c2ccc(-c3ccc(Br)cc3)o2)sc2c1CCCC2. The number of amides is 1. The number of benzene rings is 2. The van der Waals surface area contributed by atoms with Gasteiger partial charge in [0.2, 0.25) is 0 Å².